The van der Waals surface area contributed by atoms with Gasteiger partial charge in [0, 0.05) is 0 Å². The van der Waals surface area contributed by atoms with Crippen molar-refractivity contribution in [2.75, 3.05) is 0 Å². The Hall–Kier alpha value is 0.0700. The molecule has 2 unspecified atom stereocenters. The van der Waals surface area contributed by atoms with Gasteiger partial charge in [0.15, 0.2) is 5.78 Å². The van der Waals surface area contributed by atoms with Crippen LogP contribution in [0.1, 0.15) is 23.0 Å². The molecule has 0 aliphatic heterocycles. The first-order valence-corrected chi connectivity index (χ1v) is 6.07. The van der Waals surface area contributed by atoms with Crippen molar-refractivity contribution in [1.82, 2.24) is 0 Å². The highest BCUT2D eigenvalue weighted by Crippen LogP contribution is 2.51. The van der Waals surface area contributed by atoms with Crippen molar-refractivity contribution in [3.63, 3.8) is 0 Å². The van der Waals surface area contributed by atoms with Gasteiger partial charge >= 0.3 is 0 Å². The van der Waals surface area contributed by atoms with Crippen LogP contribution in [0.4, 0.5) is 4.39 Å². The average molecular weight is 298 g/mol. The van der Waals surface area contributed by atoms with Crippen LogP contribution < -0.4 is 0 Å². The summed E-state index contributed by atoms with van der Waals surface area (Å²) in [5.74, 6) is -0.136. The van der Waals surface area contributed by atoms with Gasteiger partial charge < -0.3 is 0 Å². The van der Waals surface area contributed by atoms with Gasteiger partial charge in [-0.05, 0) is 35.3 Å². The molecule has 0 saturated heterocycles. The maximum atomic E-state index is 12.9. The summed E-state index contributed by atoms with van der Waals surface area (Å²) in [6, 6.07) is 1.59. The van der Waals surface area contributed by atoms with E-state index in [0.717, 1.165) is 3.79 Å². The molecule has 1 saturated carbocycles. The predicted molar refractivity (Wildman–Crippen MR) is 59.0 cm³/mol. The second-order valence-corrected chi connectivity index (χ2v) is 6.43. The molecule has 0 aromatic carbocycles. The van der Waals surface area contributed by atoms with E-state index in [-0.39, 0.29) is 5.78 Å². The molecule has 14 heavy (non-hydrogen) atoms. The number of ketones is 1. The van der Waals surface area contributed by atoms with Crippen molar-refractivity contribution in [3.8, 4) is 0 Å². The number of halogens is 3. The summed E-state index contributed by atoms with van der Waals surface area (Å²) < 4.78 is 13.7. The first-order valence-electron chi connectivity index (χ1n) is 4.09. The van der Waals surface area contributed by atoms with Crippen LogP contribution in [0.2, 0.25) is 5.02 Å². The SMILES string of the molecule is CC1(C(=O)c2cc(Cl)c(Br)s2)CC1F. The maximum Gasteiger partial charge on any atom is 0.181 e. The smallest absolute Gasteiger partial charge is 0.181 e. The third kappa shape index (κ3) is 1.53. The second kappa shape index (κ2) is 3.29. The lowest BCUT2D eigenvalue weighted by Gasteiger charge is -2.03. The molecule has 0 spiro atoms. The number of hydrogen-bond donors (Lipinski definition) is 0. The summed E-state index contributed by atoms with van der Waals surface area (Å²) in [5, 5.41) is 0.512. The van der Waals surface area contributed by atoms with Gasteiger partial charge in [0.1, 0.15) is 6.17 Å². The molecular weight excluding hydrogens is 291 g/mol. The highest BCUT2D eigenvalue weighted by Gasteiger charge is 2.57. The monoisotopic (exact) mass is 296 g/mol. The van der Waals surface area contributed by atoms with Gasteiger partial charge in [-0.1, -0.05) is 11.6 Å². The lowest BCUT2D eigenvalue weighted by Crippen LogP contribution is -2.13. The first kappa shape index (κ1) is 10.6. The first-order chi connectivity index (χ1) is 6.45. The van der Waals surface area contributed by atoms with E-state index in [4.69, 9.17) is 11.6 Å². The Morgan fingerprint density at radius 3 is 2.79 bits per heavy atom. The van der Waals surface area contributed by atoms with E-state index >= 15 is 0 Å². The highest BCUT2D eigenvalue weighted by atomic mass is 79.9. The van der Waals surface area contributed by atoms with Gasteiger partial charge in [-0.25, -0.2) is 4.39 Å². The fourth-order valence-electron chi connectivity index (χ4n) is 1.29. The van der Waals surface area contributed by atoms with Gasteiger partial charge in [-0.3, -0.25) is 4.79 Å². The second-order valence-electron chi connectivity index (χ2n) is 3.65. The fourth-order valence-corrected chi connectivity index (χ4v) is 3.07. The normalized spacial score (nSPS) is 30.4. The molecule has 0 N–H and O–H groups in total. The molecule has 1 aliphatic carbocycles. The van der Waals surface area contributed by atoms with Gasteiger partial charge in [-0.15, -0.1) is 11.3 Å². The summed E-state index contributed by atoms with van der Waals surface area (Å²) in [7, 11) is 0. The molecule has 1 nitrogen and oxygen atoms in total. The van der Waals surface area contributed by atoms with Crippen LogP contribution in [0.15, 0.2) is 9.85 Å². The molecule has 0 bridgehead atoms. The molecule has 2 atom stereocenters. The molecule has 1 fully saturated rings. The molecule has 1 aliphatic rings. The Bertz CT molecular complexity index is 386. The number of carbonyl (C=O) groups excluding carboxylic acids is 1. The van der Waals surface area contributed by atoms with Crippen molar-refractivity contribution in [3.05, 3.63) is 19.8 Å². The number of rotatable bonds is 2. The van der Waals surface area contributed by atoms with Crippen molar-refractivity contribution < 1.29 is 9.18 Å². The lowest BCUT2D eigenvalue weighted by atomic mass is 10.0. The van der Waals surface area contributed by atoms with Crippen molar-refractivity contribution >= 4 is 44.7 Å². The minimum absolute atomic E-state index is 0.136. The van der Waals surface area contributed by atoms with Gasteiger partial charge in [0.25, 0.3) is 0 Å². The van der Waals surface area contributed by atoms with Crippen LogP contribution >= 0.6 is 38.9 Å². The fraction of sp³-hybridized carbons (Fsp3) is 0.444. The Balaban J connectivity index is 2.28. The molecular formula is C9H7BrClFOS. The number of thiophene rings is 1. The van der Waals surface area contributed by atoms with Crippen LogP contribution in [0.25, 0.3) is 0 Å². The standard InChI is InChI=1S/C9H7BrClFOS/c1-9(3-6(9)12)7(13)5-2-4(11)8(10)14-5/h2,6H,3H2,1H3. The van der Waals surface area contributed by atoms with E-state index in [1.54, 1.807) is 13.0 Å². The molecule has 1 heterocycles. The van der Waals surface area contributed by atoms with Gasteiger partial charge in [-0.2, -0.15) is 0 Å². The van der Waals surface area contributed by atoms with E-state index in [0.29, 0.717) is 16.3 Å². The number of hydrogen-bond acceptors (Lipinski definition) is 2. The predicted octanol–water partition coefficient (Wildman–Crippen LogP) is 4.09. The molecule has 0 radical (unpaired) electrons. The Kier molecular flexibility index (Phi) is 2.48. The van der Waals surface area contributed by atoms with E-state index < -0.39 is 11.6 Å². The van der Waals surface area contributed by atoms with Crippen LogP contribution in [0.3, 0.4) is 0 Å². The average Bonchev–Trinajstić information content (AvgIpc) is 2.58. The summed E-state index contributed by atoms with van der Waals surface area (Å²) in [4.78, 5) is 12.3. The Labute approximate surface area is 98.4 Å². The summed E-state index contributed by atoms with van der Waals surface area (Å²) in [6.07, 6.45) is -0.659. The summed E-state index contributed by atoms with van der Waals surface area (Å²) in [5.41, 5.74) is -0.798. The zero-order valence-electron chi connectivity index (χ0n) is 7.31. The van der Waals surface area contributed by atoms with E-state index in [2.05, 4.69) is 15.9 Å². The quantitative estimate of drug-likeness (QED) is 0.751. The van der Waals surface area contributed by atoms with Gasteiger partial charge in [0.2, 0.25) is 0 Å². The molecule has 76 valence electrons. The van der Waals surface area contributed by atoms with E-state index in [1.165, 1.54) is 11.3 Å². The largest absolute Gasteiger partial charge is 0.293 e. The molecule has 5 heteroatoms. The maximum absolute atomic E-state index is 12.9. The van der Waals surface area contributed by atoms with Crippen molar-refractivity contribution in [1.29, 1.82) is 0 Å². The van der Waals surface area contributed by atoms with Crippen LogP contribution in [-0.4, -0.2) is 12.0 Å². The number of Topliss-reactive ketones (excluding diaryl/α,β-unsaturated/α-hetero) is 1. The molecule has 1 aromatic rings. The molecule has 0 amide bonds. The molecule has 1 aromatic heterocycles. The van der Waals surface area contributed by atoms with Gasteiger partial charge in [0.05, 0.1) is 19.1 Å². The Morgan fingerprint density at radius 2 is 2.43 bits per heavy atom. The zero-order valence-corrected chi connectivity index (χ0v) is 10.5. The molecule has 2 rings (SSSR count). The minimum atomic E-state index is -0.991. The third-order valence-corrected chi connectivity index (χ3v) is 5.00. The van der Waals surface area contributed by atoms with Crippen LogP contribution in [-0.2, 0) is 0 Å². The summed E-state index contributed by atoms with van der Waals surface area (Å²) in [6.45, 7) is 1.65. The number of carbonyl (C=O) groups is 1. The minimum Gasteiger partial charge on any atom is -0.293 e. The highest BCUT2D eigenvalue weighted by molar-refractivity contribution is 9.11. The van der Waals surface area contributed by atoms with Crippen molar-refractivity contribution in [2.45, 2.75) is 19.5 Å². The van der Waals surface area contributed by atoms with Crippen LogP contribution in [0.5, 0.6) is 0 Å². The topological polar surface area (TPSA) is 17.1 Å². The van der Waals surface area contributed by atoms with Crippen LogP contribution in [0, 0.1) is 5.41 Å². The van der Waals surface area contributed by atoms with Crippen molar-refractivity contribution in [2.24, 2.45) is 5.41 Å². The van der Waals surface area contributed by atoms with E-state index in [9.17, 15) is 9.18 Å². The summed E-state index contributed by atoms with van der Waals surface area (Å²) >= 11 is 10.3. The van der Waals surface area contributed by atoms with E-state index in [1.807, 2.05) is 0 Å². The number of alkyl halides is 1. The Morgan fingerprint density at radius 1 is 1.86 bits per heavy atom. The zero-order chi connectivity index (χ0) is 10.5. The third-order valence-electron chi connectivity index (χ3n) is 2.52. The lowest BCUT2D eigenvalue weighted by molar-refractivity contribution is 0.0897.